The molecule has 3 atom stereocenters. The molecule has 0 bridgehead atoms. The molecule has 0 spiro atoms. The van der Waals surface area contributed by atoms with Gasteiger partial charge >= 0.3 is 25.7 Å². The lowest BCUT2D eigenvalue weighted by Crippen LogP contribution is -2.30. The minimum Gasteiger partial charge on any atom is -0.462 e. The Hall–Kier alpha value is -3.08. The van der Waals surface area contributed by atoms with Gasteiger partial charge in [0, 0.05) is 12.8 Å². The summed E-state index contributed by atoms with van der Waals surface area (Å²) < 4.78 is 39.3. The van der Waals surface area contributed by atoms with Gasteiger partial charge in [0.1, 0.15) is 12.7 Å². The Morgan fingerprint density at radius 2 is 0.800 bits per heavy atom. The predicted octanol–water partition coefficient (Wildman–Crippen LogP) is 16.1. The van der Waals surface area contributed by atoms with Crippen LogP contribution in [0.5, 0.6) is 0 Å². The lowest BCUT2D eigenvalue weighted by atomic mass is 10.0. The minimum absolute atomic E-state index is 0.0647. The van der Waals surface area contributed by atoms with Crippen LogP contribution in [0.3, 0.4) is 0 Å². The summed E-state index contributed by atoms with van der Waals surface area (Å²) in [5, 5.41) is 9.79. The summed E-state index contributed by atoms with van der Waals surface area (Å²) in [6.45, 7) is 4.40. The van der Waals surface area contributed by atoms with Gasteiger partial charge in [0.2, 0.25) is 0 Å². The molecule has 0 radical (unpaired) electrons. The van der Waals surface area contributed by atoms with E-state index in [4.69, 9.17) is 23.3 Å². The zero-order chi connectivity index (χ0) is 51.3. The number of allylic oxidation sites excluding steroid dienone is 11. The van der Waals surface area contributed by atoms with Crippen LogP contribution in [-0.4, -0.2) is 66.5 Å². The molecule has 0 aromatic heterocycles. The average molecular weight is 1010 g/mol. The second kappa shape index (κ2) is 52.2. The number of phosphoric acid groups is 1. The highest BCUT2D eigenvalue weighted by atomic mass is 31.2. The number of unbranched alkanes of at least 4 members (excludes halogenated alkanes) is 23. The molecular weight excluding hydrogens is 904 g/mol. The van der Waals surface area contributed by atoms with Gasteiger partial charge in [0.25, 0.3) is 0 Å². The quantitative estimate of drug-likeness (QED) is 0.0197. The summed E-state index contributed by atoms with van der Waals surface area (Å²) in [6.07, 6.45) is 57.5. The highest BCUT2D eigenvalue weighted by molar-refractivity contribution is 7.47. The number of aliphatic hydroxyl groups is 1. The summed E-state index contributed by atoms with van der Waals surface area (Å²) in [4.78, 5) is 48.4. The first-order chi connectivity index (χ1) is 34.2. The number of ether oxygens (including phenoxy) is 3. The minimum atomic E-state index is -4.77. The summed E-state index contributed by atoms with van der Waals surface area (Å²) in [5.41, 5.74) is 0. The second-order valence-corrected chi connectivity index (χ2v) is 19.8. The van der Waals surface area contributed by atoms with Crippen LogP contribution < -0.4 is 0 Å². The zero-order valence-electron chi connectivity index (χ0n) is 44.5. The Bertz CT molecular complexity index is 1450. The van der Waals surface area contributed by atoms with Gasteiger partial charge < -0.3 is 24.2 Å². The van der Waals surface area contributed by atoms with Crippen molar-refractivity contribution < 1.29 is 52.2 Å². The molecule has 0 saturated carbocycles. The van der Waals surface area contributed by atoms with E-state index in [1.807, 2.05) is 12.2 Å². The van der Waals surface area contributed by atoms with Crippen LogP contribution in [0.4, 0.5) is 0 Å². The summed E-state index contributed by atoms with van der Waals surface area (Å²) in [5.74, 6) is -1.62. The Morgan fingerprint density at radius 1 is 0.429 bits per heavy atom. The molecule has 0 aliphatic rings. The van der Waals surface area contributed by atoms with Gasteiger partial charge in [-0.25, -0.2) is 4.57 Å². The van der Waals surface area contributed by atoms with Crippen molar-refractivity contribution in [3.05, 3.63) is 72.9 Å². The molecule has 0 saturated heterocycles. The van der Waals surface area contributed by atoms with Gasteiger partial charge in [0.05, 0.1) is 26.2 Å². The summed E-state index contributed by atoms with van der Waals surface area (Å²) in [6, 6.07) is 0. The Labute approximate surface area is 427 Å². The Balaban J connectivity index is 4.83. The first-order valence-electron chi connectivity index (χ1n) is 27.8. The van der Waals surface area contributed by atoms with Crippen LogP contribution in [0.15, 0.2) is 72.9 Å². The molecule has 0 aliphatic heterocycles. The molecule has 11 nitrogen and oxygen atoms in total. The first-order valence-corrected chi connectivity index (χ1v) is 29.3. The van der Waals surface area contributed by atoms with Crippen molar-refractivity contribution in [2.24, 2.45) is 0 Å². The number of aliphatic hydroxyl groups excluding tert-OH is 1. The van der Waals surface area contributed by atoms with Crippen LogP contribution in [0.1, 0.15) is 239 Å². The maximum absolute atomic E-state index is 12.9. The number of rotatable bonds is 51. The fraction of sp³-hybridized carbons (Fsp3) is 0.741. The smallest absolute Gasteiger partial charge is 0.462 e. The van der Waals surface area contributed by atoms with Crippen LogP contribution in [-0.2, 0) is 42.2 Å². The van der Waals surface area contributed by atoms with Crippen molar-refractivity contribution in [3.63, 3.8) is 0 Å². The van der Waals surface area contributed by atoms with Crippen molar-refractivity contribution in [1.29, 1.82) is 0 Å². The fourth-order valence-corrected chi connectivity index (χ4v) is 8.21. The average Bonchev–Trinajstić information content (AvgIpc) is 3.35. The molecule has 0 aliphatic carbocycles. The number of esters is 3. The van der Waals surface area contributed by atoms with Crippen molar-refractivity contribution in [3.8, 4) is 0 Å². The highest BCUT2D eigenvalue weighted by Gasteiger charge is 2.28. The molecule has 0 fully saturated rings. The zero-order valence-corrected chi connectivity index (χ0v) is 45.4. The SMILES string of the molecule is CC/C=C\C/C=C\C/C=C\C/C=C\C/C=C\CC(=O)OC(COC(=O)CCCCCCCCCCCCCCCCC)COP(=O)(O)OCC(CO)OC(=O)CCCCCCC/C=C\CCCCCC. The molecular formula is C58H101O11P. The molecule has 0 aromatic carbocycles. The van der Waals surface area contributed by atoms with E-state index in [1.54, 1.807) is 6.08 Å². The highest BCUT2D eigenvalue weighted by Crippen LogP contribution is 2.43. The standard InChI is InChI=1S/C58H101O11P/c1-4-7-10-13-16-19-22-25-27-30-32-35-38-41-44-47-56(60)65-51-55(69-58(62)49-46-43-40-37-34-31-28-26-23-20-17-14-11-8-5-2)53-67-70(63,64)66-52-54(50-59)68-57(61)48-45-42-39-36-33-29-24-21-18-15-12-9-6-3/h8,11,17,20-21,24,26,28,34,37,43,46,54-55,59H,4-7,9-10,12-16,18-19,22-23,25,27,29-33,35-36,38-42,44-45,47-53H2,1-3H3,(H,63,64)/b11-8-,20-17-,24-21-,28-26-,37-34-,46-43-. The van der Waals surface area contributed by atoms with Crippen LogP contribution in [0, 0.1) is 0 Å². The Morgan fingerprint density at radius 3 is 1.26 bits per heavy atom. The third-order valence-corrected chi connectivity index (χ3v) is 12.6. The molecule has 404 valence electrons. The molecule has 2 N–H and O–H groups in total. The summed E-state index contributed by atoms with van der Waals surface area (Å²) in [7, 11) is -4.77. The maximum atomic E-state index is 12.9. The number of carbonyl (C=O) groups excluding carboxylic acids is 3. The first kappa shape index (κ1) is 66.9. The number of phosphoric ester groups is 1. The lowest BCUT2D eigenvalue weighted by Gasteiger charge is -2.21. The number of hydrogen-bond acceptors (Lipinski definition) is 10. The van der Waals surface area contributed by atoms with E-state index in [2.05, 4.69) is 75.5 Å². The molecule has 0 amide bonds. The van der Waals surface area contributed by atoms with E-state index in [1.165, 1.54) is 96.3 Å². The van der Waals surface area contributed by atoms with Gasteiger partial charge in [-0.3, -0.25) is 23.4 Å². The van der Waals surface area contributed by atoms with Crippen molar-refractivity contribution >= 4 is 25.7 Å². The largest absolute Gasteiger partial charge is 0.472 e. The topological polar surface area (TPSA) is 155 Å². The monoisotopic (exact) mass is 1000 g/mol. The second-order valence-electron chi connectivity index (χ2n) is 18.4. The van der Waals surface area contributed by atoms with Gasteiger partial charge in [0.15, 0.2) is 6.10 Å². The van der Waals surface area contributed by atoms with E-state index in [0.717, 1.165) is 83.5 Å². The van der Waals surface area contributed by atoms with Crippen molar-refractivity contribution in [2.75, 3.05) is 26.4 Å². The molecule has 12 heteroatoms. The van der Waals surface area contributed by atoms with Crippen LogP contribution in [0.2, 0.25) is 0 Å². The van der Waals surface area contributed by atoms with Crippen molar-refractivity contribution in [2.45, 2.75) is 251 Å². The normalized spacial score (nSPS) is 14.0. The molecule has 70 heavy (non-hydrogen) atoms. The Kier molecular flexibility index (Phi) is 50.0. The van der Waals surface area contributed by atoms with E-state index in [0.29, 0.717) is 19.3 Å². The van der Waals surface area contributed by atoms with Crippen LogP contribution >= 0.6 is 7.82 Å². The molecule has 0 rings (SSSR count). The van der Waals surface area contributed by atoms with Gasteiger partial charge in [-0.2, -0.15) is 0 Å². The third-order valence-electron chi connectivity index (χ3n) is 11.6. The van der Waals surface area contributed by atoms with Crippen LogP contribution in [0.25, 0.3) is 0 Å². The third kappa shape index (κ3) is 49.9. The summed E-state index contributed by atoms with van der Waals surface area (Å²) >= 11 is 0. The lowest BCUT2D eigenvalue weighted by molar-refractivity contribution is -0.160. The molecule has 0 heterocycles. The maximum Gasteiger partial charge on any atom is 0.472 e. The van der Waals surface area contributed by atoms with E-state index >= 15 is 0 Å². The van der Waals surface area contributed by atoms with Gasteiger partial charge in [-0.05, 0) is 70.6 Å². The number of hydrogen-bond donors (Lipinski definition) is 2. The van der Waals surface area contributed by atoms with Crippen molar-refractivity contribution in [1.82, 2.24) is 0 Å². The van der Waals surface area contributed by atoms with E-state index in [9.17, 15) is 28.9 Å². The fourth-order valence-electron chi connectivity index (χ4n) is 7.43. The molecule has 3 unspecified atom stereocenters. The van der Waals surface area contributed by atoms with E-state index < -0.39 is 57.8 Å². The van der Waals surface area contributed by atoms with E-state index in [-0.39, 0.29) is 25.9 Å². The predicted molar refractivity (Wildman–Crippen MR) is 288 cm³/mol. The number of carbonyl (C=O) groups is 3. The van der Waals surface area contributed by atoms with Gasteiger partial charge in [-0.15, -0.1) is 0 Å². The van der Waals surface area contributed by atoms with Gasteiger partial charge in [-0.1, -0.05) is 222 Å². The molecule has 0 aromatic rings.